The molecule has 2 atom stereocenters. The summed E-state index contributed by atoms with van der Waals surface area (Å²) in [6.45, 7) is 5.03. The summed E-state index contributed by atoms with van der Waals surface area (Å²) < 4.78 is 0. The number of nitrogens with zero attached hydrogens (tertiary/aromatic N) is 1. The van der Waals surface area contributed by atoms with Crippen molar-refractivity contribution in [1.82, 2.24) is 4.90 Å². The average Bonchev–Trinajstić information content (AvgIpc) is 3.13. The number of nitrogens with two attached hydrogens (primary N) is 1. The molecule has 1 heterocycles. The number of hydrogen-bond acceptors (Lipinski definition) is 2. The zero-order chi connectivity index (χ0) is 12.5. The van der Waals surface area contributed by atoms with Crippen LogP contribution in [-0.4, -0.2) is 28.9 Å². The van der Waals surface area contributed by atoms with E-state index in [9.17, 15) is 4.79 Å². The molecule has 17 heavy (non-hydrogen) atoms. The highest BCUT2D eigenvalue weighted by molar-refractivity contribution is 5.86. The predicted molar refractivity (Wildman–Crippen MR) is 69.6 cm³/mol. The van der Waals surface area contributed by atoms with E-state index in [1.54, 1.807) is 0 Å². The van der Waals surface area contributed by atoms with Gasteiger partial charge in [-0.1, -0.05) is 19.8 Å². The molecule has 1 saturated heterocycles. The van der Waals surface area contributed by atoms with E-state index in [-0.39, 0.29) is 5.91 Å². The van der Waals surface area contributed by atoms with Crippen LogP contribution in [0, 0.1) is 5.92 Å². The number of carbonyl (C=O) groups is 1. The fourth-order valence-corrected chi connectivity index (χ4v) is 3.04. The monoisotopic (exact) mass is 238 g/mol. The van der Waals surface area contributed by atoms with Gasteiger partial charge in [-0.2, -0.15) is 0 Å². The third-order valence-electron chi connectivity index (χ3n) is 4.50. The van der Waals surface area contributed by atoms with Gasteiger partial charge in [-0.05, 0) is 44.9 Å². The van der Waals surface area contributed by atoms with E-state index in [0.29, 0.717) is 12.0 Å². The molecule has 0 spiro atoms. The second kappa shape index (κ2) is 4.97. The maximum absolute atomic E-state index is 12.6. The first kappa shape index (κ1) is 12.9. The summed E-state index contributed by atoms with van der Waals surface area (Å²) in [7, 11) is 0. The number of carbonyl (C=O) groups excluding carboxylic acids is 1. The largest absolute Gasteiger partial charge is 0.338 e. The molecule has 0 radical (unpaired) electrons. The summed E-state index contributed by atoms with van der Waals surface area (Å²) in [6, 6.07) is 0.423. The van der Waals surface area contributed by atoms with E-state index in [1.807, 2.05) is 6.92 Å². The molecular weight excluding hydrogens is 212 g/mol. The molecule has 2 aliphatic rings. The van der Waals surface area contributed by atoms with Crippen LogP contribution in [0.4, 0.5) is 0 Å². The van der Waals surface area contributed by atoms with Crippen molar-refractivity contribution < 1.29 is 4.79 Å². The van der Waals surface area contributed by atoms with Gasteiger partial charge in [0.25, 0.3) is 0 Å². The topological polar surface area (TPSA) is 46.3 Å². The maximum Gasteiger partial charge on any atom is 0.242 e. The smallest absolute Gasteiger partial charge is 0.242 e. The van der Waals surface area contributed by atoms with Crippen molar-refractivity contribution in [3.8, 4) is 0 Å². The molecule has 1 saturated carbocycles. The van der Waals surface area contributed by atoms with E-state index in [1.165, 1.54) is 12.8 Å². The Morgan fingerprint density at radius 3 is 2.59 bits per heavy atom. The van der Waals surface area contributed by atoms with Gasteiger partial charge < -0.3 is 10.6 Å². The zero-order valence-corrected chi connectivity index (χ0v) is 11.2. The first-order valence-corrected chi connectivity index (χ1v) is 7.17. The molecule has 2 fully saturated rings. The van der Waals surface area contributed by atoms with E-state index >= 15 is 0 Å². The molecule has 1 amide bonds. The summed E-state index contributed by atoms with van der Waals surface area (Å²) in [4.78, 5) is 14.7. The lowest BCUT2D eigenvalue weighted by molar-refractivity contribution is -0.139. The van der Waals surface area contributed by atoms with E-state index in [0.717, 1.165) is 38.6 Å². The highest BCUT2D eigenvalue weighted by atomic mass is 16.2. The molecule has 3 heteroatoms. The number of amides is 1. The van der Waals surface area contributed by atoms with E-state index < -0.39 is 5.54 Å². The summed E-state index contributed by atoms with van der Waals surface area (Å²) in [5.74, 6) is 0.629. The van der Waals surface area contributed by atoms with Gasteiger partial charge >= 0.3 is 0 Å². The average molecular weight is 238 g/mol. The molecular formula is C14H26N2O. The van der Waals surface area contributed by atoms with Crippen molar-refractivity contribution in [2.75, 3.05) is 6.54 Å². The number of likely N-dealkylation sites (tertiary alicyclic amines) is 1. The van der Waals surface area contributed by atoms with Crippen LogP contribution < -0.4 is 5.73 Å². The Labute approximate surface area is 105 Å². The zero-order valence-electron chi connectivity index (χ0n) is 11.2. The fourth-order valence-electron chi connectivity index (χ4n) is 3.04. The van der Waals surface area contributed by atoms with E-state index in [2.05, 4.69) is 11.8 Å². The SMILES string of the molecule is CCC1CCCCCN1C(=O)C(C)(N)C1CC1. The molecule has 2 unspecified atom stereocenters. The van der Waals surface area contributed by atoms with Crippen molar-refractivity contribution in [2.45, 2.75) is 70.4 Å². The predicted octanol–water partition coefficient (Wildman–Crippen LogP) is 2.29. The molecule has 1 aliphatic carbocycles. The van der Waals surface area contributed by atoms with Crippen LogP contribution in [-0.2, 0) is 4.79 Å². The van der Waals surface area contributed by atoms with Crippen LogP contribution in [0.2, 0.25) is 0 Å². The molecule has 0 aromatic heterocycles. The normalized spacial score (nSPS) is 29.6. The van der Waals surface area contributed by atoms with Crippen molar-refractivity contribution in [3.63, 3.8) is 0 Å². The van der Waals surface area contributed by atoms with Gasteiger partial charge in [-0.15, -0.1) is 0 Å². The van der Waals surface area contributed by atoms with Crippen molar-refractivity contribution in [1.29, 1.82) is 0 Å². The summed E-state index contributed by atoms with van der Waals surface area (Å²) in [5, 5.41) is 0. The van der Waals surface area contributed by atoms with Gasteiger partial charge in [0.15, 0.2) is 0 Å². The third kappa shape index (κ3) is 2.65. The van der Waals surface area contributed by atoms with Crippen LogP contribution >= 0.6 is 0 Å². The number of hydrogen-bond donors (Lipinski definition) is 1. The fraction of sp³-hybridized carbons (Fsp3) is 0.929. The molecule has 98 valence electrons. The Balaban J connectivity index is 2.09. The molecule has 1 aliphatic heterocycles. The van der Waals surface area contributed by atoms with Gasteiger partial charge in [0, 0.05) is 12.6 Å². The van der Waals surface area contributed by atoms with Crippen LogP contribution in [0.25, 0.3) is 0 Å². The van der Waals surface area contributed by atoms with Gasteiger partial charge in [-0.3, -0.25) is 4.79 Å². The second-order valence-electron chi connectivity index (χ2n) is 5.97. The molecule has 2 N–H and O–H groups in total. The van der Waals surface area contributed by atoms with Crippen molar-refractivity contribution in [3.05, 3.63) is 0 Å². The lowest BCUT2D eigenvalue weighted by Gasteiger charge is -2.36. The minimum Gasteiger partial charge on any atom is -0.338 e. The molecule has 2 rings (SSSR count). The Hall–Kier alpha value is -0.570. The van der Waals surface area contributed by atoms with Crippen LogP contribution in [0.15, 0.2) is 0 Å². The number of rotatable bonds is 3. The molecule has 0 bridgehead atoms. The van der Waals surface area contributed by atoms with Crippen LogP contribution in [0.1, 0.15) is 58.8 Å². The van der Waals surface area contributed by atoms with Gasteiger partial charge in [0.2, 0.25) is 5.91 Å². The Morgan fingerprint density at radius 1 is 1.29 bits per heavy atom. The second-order valence-corrected chi connectivity index (χ2v) is 5.97. The van der Waals surface area contributed by atoms with Crippen LogP contribution in [0.5, 0.6) is 0 Å². The standard InChI is InChI=1S/C14H26N2O/c1-3-12-7-5-4-6-10-16(12)13(17)14(2,15)11-8-9-11/h11-12H,3-10,15H2,1-2H3. The quantitative estimate of drug-likeness (QED) is 0.820. The van der Waals surface area contributed by atoms with Gasteiger partial charge in [-0.25, -0.2) is 0 Å². The summed E-state index contributed by atoms with van der Waals surface area (Å²) in [6.07, 6.45) is 8.13. The van der Waals surface area contributed by atoms with Gasteiger partial charge in [0.05, 0.1) is 5.54 Å². The molecule has 0 aromatic rings. The Bertz CT molecular complexity index is 284. The maximum atomic E-state index is 12.6. The summed E-state index contributed by atoms with van der Waals surface area (Å²) in [5.41, 5.74) is 5.66. The first-order valence-electron chi connectivity index (χ1n) is 7.17. The van der Waals surface area contributed by atoms with Gasteiger partial charge in [0.1, 0.15) is 0 Å². The highest BCUT2D eigenvalue weighted by Crippen LogP contribution is 2.39. The molecule has 3 nitrogen and oxygen atoms in total. The molecule has 0 aromatic carbocycles. The third-order valence-corrected chi connectivity index (χ3v) is 4.50. The van der Waals surface area contributed by atoms with Crippen molar-refractivity contribution in [2.24, 2.45) is 11.7 Å². The first-order chi connectivity index (χ1) is 8.07. The minimum absolute atomic E-state index is 0.203. The van der Waals surface area contributed by atoms with Crippen LogP contribution in [0.3, 0.4) is 0 Å². The Kier molecular flexibility index (Phi) is 3.76. The highest BCUT2D eigenvalue weighted by Gasteiger charge is 2.46. The lowest BCUT2D eigenvalue weighted by Crippen LogP contribution is -2.57. The summed E-state index contributed by atoms with van der Waals surface area (Å²) >= 11 is 0. The Morgan fingerprint density at radius 2 is 2.00 bits per heavy atom. The minimum atomic E-state index is -0.613. The van der Waals surface area contributed by atoms with E-state index in [4.69, 9.17) is 5.73 Å². The van der Waals surface area contributed by atoms with Crippen molar-refractivity contribution >= 4 is 5.91 Å². The lowest BCUT2D eigenvalue weighted by atomic mass is 9.94.